The first-order chi connectivity index (χ1) is 15.2. The van der Waals surface area contributed by atoms with E-state index in [1.807, 2.05) is 0 Å². The molecule has 0 bridgehead atoms. The number of halogens is 2. The molecule has 1 atom stereocenters. The van der Waals surface area contributed by atoms with E-state index in [0.717, 1.165) is 12.1 Å². The van der Waals surface area contributed by atoms with Crippen LogP contribution in [0.1, 0.15) is 31.4 Å². The Morgan fingerprint density at radius 3 is 2.28 bits per heavy atom. The van der Waals surface area contributed by atoms with E-state index in [2.05, 4.69) is 5.32 Å². The molecule has 1 aliphatic rings. The largest absolute Gasteiger partial charge is 0.493 e. The van der Waals surface area contributed by atoms with E-state index in [-0.39, 0.29) is 29.8 Å². The summed E-state index contributed by atoms with van der Waals surface area (Å²) in [5, 5.41) is 2.80. The van der Waals surface area contributed by atoms with Gasteiger partial charge in [0, 0.05) is 25.1 Å². The van der Waals surface area contributed by atoms with Crippen molar-refractivity contribution in [1.82, 2.24) is 9.62 Å². The van der Waals surface area contributed by atoms with Crippen molar-refractivity contribution in [2.45, 2.75) is 30.7 Å². The molecular weight excluding hydrogens is 442 g/mol. The van der Waals surface area contributed by atoms with Gasteiger partial charge in [0.15, 0.2) is 23.1 Å². The Morgan fingerprint density at radius 2 is 1.69 bits per heavy atom. The summed E-state index contributed by atoms with van der Waals surface area (Å²) in [4.78, 5) is 12.7. The molecule has 3 rings (SSSR count). The number of amides is 1. The number of sulfonamides is 1. The first-order valence-electron chi connectivity index (χ1n) is 10.1. The van der Waals surface area contributed by atoms with Gasteiger partial charge in [0.25, 0.3) is 0 Å². The number of carbonyl (C=O) groups is 1. The van der Waals surface area contributed by atoms with Gasteiger partial charge in [-0.1, -0.05) is 6.07 Å². The standard InChI is InChI=1S/C22H26F2N2O5S/c1-14(16-4-6-18(23)19(24)12-16)25-22(27)15-8-10-26(11-9-15)32(28,29)17-5-7-20(30-2)21(13-17)31-3/h4-7,12-15H,8-11H2,1-3H3,(H,25,27). The zero-order chi connectivity index (χ0) is 23.5. The van der Waals surface area contributed by atoms with Crippen LogP contribution in [0.25, 0.3) is 0 Å². The van der Waals surface area contributed by atoms with Gasteiger partial charge < -0.3 is 14.8 Å². The van der Waals surface area contributed by atoms with E-state index in [9.17, 15) is 22.0 Å². The number of nitrogens with one attached hydrogen (secondary N) is 1. The highest BCUT2D eigenvalue weighted by atomic mass is 32.2. The van der Waals surface area contributed by atoms with Crippen LogP contribution in [0, 0.1) is 17.6 Å². The summed E-state index contributed by atoms with van der Waals surface area (Å²) in [6.07, 6.45) is 0.700. The van der Waals surface area contributed by atoms with E-state index < -0.39 is 27.7 Å². The van der Waals surface area contributed by atoms with Gasteiger partial charge in [-0.05, 0) is 49.6 Å². The Morgan fingerprint density at radius 1 is 1.03 bits per heavy atom. The fraction of sp³-hybridized carbons (Fsp3) is 0.409. The van der Waals surface area contributed by atoms with Gasteiger partial charge in [0.2, 0.25) is 15.9 Å². The van der Waals surface area contributed by atoms with Crippen LogP contribution in [0.15, 0.2) is 41.3 Å². The molecule has 32 heavy (non-hydrogen) atoms. The van der Waals surface area contributed by atoms with Crippen LogP contribution < -0.4 is 14.8 Å². The number of ether oxygens (including phenoxy) is 2. The van der Waals surface area contributed by atoms with Crippen molar-refractivity contribution >= 4 is 15.9 Å². The lowest BCUT2D eigenvalue weighted by Crippen LogP contribution is -2.43. The molecule has 0 aromatic heterocycles. The van der Waals surface area contributed by atoms with Gasteiger partial charge in [-0.3, -0.25) is 4.79 Å². The fourth-order valence-corrected chi connectivity index (χ4v) is 5.17. The van der Waals surface area contributed by atoms with Crippen LogP contribution in [-0.2, 0) is 14.8 Å². The lowest BCUT2D eigenvalue weighted by atomic mass is 9.96. The number of piperidine rings is 1. The van der Waals surface area contributed by atoms with Gasteiger partial charge in [0.05, 0.1) is 25.2 Å². The van der Waals surface area contributed by atoms with E-state index in [1.165, 1.54) is 42.8 Å². The van der Waals surface area contributed by atoms with Crippen LogP contribution in [-0.4, -0.2) is 45.9 Å². The van der Waals surface area contributed by atoms with Crippen molar-refractivity contribution < 1.29 is 31.5 Å². The van der Waals surface area contributed by atoms with Crippen molar-refractivity contribution in [1.29, 1.82) is 0 Å². The third-order valence-electron chi connectivity index (χ3n) is 5.62. The number of rotatable bonds is 7. The smallest absolute Gasteiger partial charge is 0.243 e. The van der Waals surface area contributed by atoms with Gasteiger partial charge in [-0.15, -0.1) is 0 Å². The molecule has 1 unspecified atom stereocenters. The summed E-state index contributed by atoms with van der Waals surface area (Å²) in [6.45, 7) is 2.06. The Balaban J connectivity index is 1.62. The summed E-state index contributed by atoms with van der Waals surface area (Å²) in [5.41, 5.74) is 0.450. The molecule has 1 saturated heterocycles. The normalized spacial score (nSPS) is 16.4. The maximum atomic E-state index is 13.5. The number of benzene rings is 2. The third kappa shape index (κ3) is 5.02. The van der Waals surface area contributed by atoms with Crippen LogP contribution in [0.3, 0.4) is 0 Å². The fourth-order valence-electron chi connectivity index (χ4n) is 3.68. The number of carbonyl (C=O) groups excluding carboxylic acids is 1. The minimum absolute atomic E-state index is 0.0880. The molecule has 2 aromatic carbocycles. The molecule has 174 valence electrons. The lowest BCUT2D eigenvalue weighted by molar-refractivity contribution is -0.126. The molecule has 1 amide bonds. The van der Waals surface area contributed by atoms with Gasteiger partial charge in [0.1, 0.15) is 0 Å². The number of hydrogen-bond donors (Lipinski definition) is 1. The lowest BCUT2D eigenvalue weighted by Gasteiger charge is -2.31. The van der Waals surface area contributed by atoms with Crippen molar-refractivity contribution in [3.8, 4) is 11.5 Å². The number of nitrogens with zero attached hydrogens (tertiary/aromatic N) is 1. The molecule has 1 fully saturated rings. The van der Waals surface area contributed by atoms with Gasteiger partial charge in [-0.2, -0.15) is 4.31 Å². The van der Waals surface area contributed by atoms with Gasteiger partial charge in [-0.25, -0.2) is 17.2 Å². The summed E-state index contributed by atoms with van der Waals surface area (Å²) in [7, 11) is -0.857. The second-order valence-corrected chi connectivity index (χ2v) is 9.54. The highest BCUT2D eigenvalue weighted by Gasteiger charge is 2.33. The Labute approximate surface area is 186 Å². The molecule has 1 aliphatic heterocycles. The second kappa shape index (κ2) is 9.83. The van der Waals surface area contributed by atoms with E-state index in [1.54, 1.807) is 6.92 Å². The quantitative estimate of drug-likeness (QED) is 0.674. The van der Waals surface area contributed by atoms with Crippen molar-refractivity contribution in [3.05, 3.63) is 53.6 Å². The third-order valence-corrected chi connectivity index (χ3v) is 7.51. The number of hydrogen-bond acceptors (Lipinski definition) is 5. The van der Waals surface area contributed by atoms with Gasteiger partial charge >= 0.3 is 0 Å². The van der Waals surface area contributed by atoms with Crippen LogP contribution in [0.5, 0.6) is 11.5 Å². The average molecular weight is 469 g/mol. The molecule has 0 spiro atoms. The van der Waals surface area contributed by atoms with Crippen LogP contribution in [0.4, 0.5) is 8.78 Å². The molecule has 10 heteroatoms. The molecule has 2 aromatic rings. The maximum Gasteiger partial charge on any atom is 0.243 e. The second-order valence-electron chi connectivity index (χ2n) is 7.60. The van der Waals surface area contributed by atoms with Crippen LogP contribution in [0.2, 0.25) is 0 Å². The highest BCUT2D eigenvalue weighted by molar-refractivity contribution is 7.89. The average Bonchev–Trinajstić information content (AvgIpc) is 2.80. The van der Waals surface area contributed by atoms with Crippen molar-refractivity contribution in [2.75, 3.05) is 27.3 Å². The molecule has 1 heterocycles. The first-order valence-corrected chi connectivity index (χ1v) is 11.6. The van der Waals surface area contributed by atoms with Crippen molar-refractivity contribution in [3.63, 3.8) is 0 Å². The Bertz CT molecular complexity index is 1090. The summed E-state index contributed by atoms with van der Waals surface area (Å²) in [6, 6.07) is 7.39. The van der Waals surface area contributed by atoms with Crippen molar-refractivity contribution in [2.24, 2.45) is 5.92 Å². The molecular formula is C22H26F2N2O5S. The molecule has 0 aliphatic carbocycles. The number of methoxy groups -OCH3 is 2. The SMILES string of the molecule is COc1ccc(S(=O)(=O)N2CCC(C(=O)NC(C)c3ccc(F)c(F)c3)CC2)cc1OC. The molecule has 1 N–H and O–H groups in total. The van der Waals surface area contributed by atoms with E-state index in [4.69, 9.17) is 9.47 Å². The summed E-state index contributed by atoms with van der Waals surface area (Å²) < 4.78 is 64.3. The predicted molar refractivity (Wildman–Crippen MR) is 114 cm³/mol. The predicted octanol–water partition coefficient (Wildman–Crippen LogP) is 3.26. The minimum Gasteiger partial charge on any atom is -0.493 e. The molecule has 0 radical (unpaired) electrons. The monoisotopic (exact) mass is 468 g/mol. The van der Waals surface area contributed by atoms with E-state index >= 15 is 0 Å². The topological polar surface area (TPSA) is 84.9 Å². The highest BCUT2D eigenvalue weighted by Crippen LogP contribution is 2.32. The van der Waals surface area contributed by atoms with Crippen LogP contribution >= 0.6 is 0 Å². The molecule has 7 nitrogen and oxygen atoms in total. The van der Waals surface area contributed by atoms with E-state index in [0.29, 0.717) is 29.9 Å². The zero-order valence-electron chi connectivity index (χ0n) is 18.1. The Hall–Kier alpha value is -2.72. The first kappa shape index (κ1) is 23.9. The molecule has 0 saturated carbocycles. The summed E-state index contributed by atoms with van der Waals surface area (Å²) in [5.74, 6) is -1.80. The summed E-state index contributed by atoms with van der Waals surface area (Å²) >= 11 is 0. The Kier molecular flexibility index (Phi) is 7.35. The zero-order valence-corrected chi connectivity index (χ0v) is 18.9. The maximum absolute atomic E-state index is 13.5. The minimum atomic E-state index is -3.75.